The fourth-order valence-corrected chi connectivity index (χ4v) is 2.84. The van der Waals surface area contributed by atoms with Gasteiger partial charge in [-0.3, -0.25) is 4.57 Å². The number of anilines is 1. The highest BCUT2D eigenvalue weighted by atomic mass is 16.5. The number of nitrogens with two attached hydrogens (primary N) is 1. The van der Waals surface area contributed by atoms with E-state index in [0.29, 0.717) is 17.9 Å². The van der Waals surface area contributed by atoms with Crippen molar-refractivity contribution in [2.24, 2.45) is 5.92 Å². The van der Waals surface area contributed by atoms with Crippen molar-refractivity contribution in [3.05, 3.63) is 18.7 Å². The van der Waals surface area contributed by atoms with Gasteiger partial charge in [-0.05, 0) is 31.6 Å². The molecule has 7 nitrogen and oxygen atoms in total. The molecule has 2 aromatic rings. The molecule has 7 heteroatoms. The third-order valence-corrected chi connectivity index (χ3v) is 3.98. The second-order valence-electron chi connectivity index (χ2n) is 5.36. The normalized spacial score (nSPS) is 22.1. The molecule has 1 fully saturated rings. The zero-order chi connectivity index (χ0) is 14.7. The molecule has 0 bridgehead atoms. The molecule has 1 aliphatic rings. The Labute approximate surface area is 123 Å². The number of rotatable bonds is 4. The summed E-state index contributed by atoms with van der Waals surface area (Å²) in [5.74, 6) is 1.15. The van der Waals surface area contributed by atoms with E-state index in [1.54, 1.807) is 23.3 Å². The Morgan fingerprint density at radius 1 is 1.29 bits per heavy atom. The highest BCUT2D eigenvalue weighted by Crippen LogP contribution is 2.29. The van der Waals surface area contributed by atoms with Gasteiger partial charge in [0.15, 0.2) is 0 Å². The molecule has 21 heavy (non-hydrogen) atoms. The molecule has 0 saturated heterocycles. The molecule has 2 unspecified atom stereocenters. The highest BCUT2D eigenvalue weighted by Gasteiger charge is 2.26. The molecule has 2 N–H and O–H groups in total. The summed E-state index contributed by atoms with van der Waals surface area (Å²) in [6, 6.07) is 0.302. The second-order valence-corrected chi connectivity index (χ2v) is 5.36. The van der Waals surface area contributed by atoms with Gasteiger partial charge in [-0.2, -0.15) is 15.0 Å². The fourth-order valence-electron chi connectivity index (χ4n) is 2.84. The predicted octanol–water partition coefficient (Wildman–Crippen LogP) is 1.99. The minimum Gasteiger partial charge on any atom is -0.460 e. The average Bonchev–Trinajstić information content (AvgIpc) is 3.01. The molecule has 0 aliphatic heterocycles. The van der Waals surface area contributed by atoms with Gasteiger partial charge in [0.1, 0.15) is 12.4 Å². The Morgan fingerprint density at radius 2 is 2.14 bits per heavy atom. The molecule has 2 atom stereocenters. The summed E-state index contributed by atoms with van der Waals surface area (Å²) in [7, 11) is 0. The van der Waals surface area contributed by atoms with Crippen LogP contribution in [0.1, 0.15) is 39.0 Å². The van der Waals surface area contributed by atoms with Gasteiger partial charge in [0.05, 0.1) is 0 Å². The summed E-state index contributed by atoms with van der Waals surface area (Å²) in [5, 5.41) is 0. The Bertz CT molecular complexity index is 585. The molecule has 0 spiro atoms. The van der Waals surface area contributed by atoms with Gasteiger partial charge in [-0.1, -0.05) is 13.3 Å². The Hall–Kier alpha value is -2.18. The minimum absolute atomic E-state index is 0.160. The van der Waals surface area contributed by atoms with Gasteiger partial charge in [0.25, 0.3) is 0 Å². The minimum atomic E-state index is 0.160. The second kappa shape index (κ2) is 6.07. The van der Waals surface area contributed by atoms with Crippen molar-refractivity contribution in [3.63, 3.8) is 0 Å². The van der Waals surface area contributed by atoms with E-state index in [1.807, 2.05) is 0 Å². The van der Waals surface area contributed by atoms with Crippen molar-refractivity contribution in [1.29, 1.82) is 0 Å². The van der Waals surface area contributed by atoms with Crippen molar-refractivity contribution in [1.82, 2.24) is 24.5 Å². The molecule has 112 valence electrons. The van der Waals surface area contributed by atoms with Crippen LogP contribution in [0, 0.1) is 5.92 Å². The first-order chi connectivity index (χ1) is 10.3. The van der Waals surface area contributed by atoms with Crippen molar-refractivity contribution < 1.29 is 4.74 Å². The maximum Gasteiger partial charge on any atom is 0.323 e. The van der Waals surface area contributed by atoms with Crippen molar-refractivity contribution >= 4 is 5.95 Å². The predicted molar refractivity (Wildman–Crippen MR) is 78.0 cm³/mol. The van der Waals surface area contributed by atoms with Crippen LogP contribution < -0.4 is 10.5 Å². The Morgan fingerprint density at radius 3 is 2.90 bits per heavy atom. The van der Waals surface area contributed by atoms with Crippen LogP contribution >= 0.6 is 0 Å². The largest absolute Gasteiger partial charge is 0.460 e. The third kappa shape index (κ3) is 3.12. The van der Waals surface area contributed by atoms with E-state index in [4.69, 9.17) is 10.5 Å². The third-order valence-electron chi connectivity index (χ3n) is 3.98. The molecule has 3 rings (SSSR count). The molecule has 0 aromatic carbocycles. The van der Waals surface area contributed by atoms with Crippen LogP contribution in [0.3, 0.4) is 0 Å². The van der Waals surface area contributed by atoms with E-state index in [0.717, 1.165) is 12.8 Å². The van der Waals surface area contributed by atoms with E-state index in [1.165, 1.54) is 19.3 Å². The Kier molecular flexibility index (Phi) is 3.98. The van der Waals surface area contributed by atoms with Crippen molar-refractivity contribution in [2.75, 3.05) is 5.73 Å². The number of hydrogen-bond acceptors (Lipinski definition) is 6. The van der Waals surface area contributed by atoms with E-state index < -0.39 is 0 Å². The first-order valence-electron chi connectivity index (χ1n) is 7.43. The Balaban J connectivity index is 1.82. The molecule has 2 aromatic heterocycles. The summed E-state index contributed by atoms with van der Waals surface area (Å²) < 4.78 is 7.69. The standard InChI is InChI=1S/C14H20N6O/c1-2-10-5-3-4-6-11(10)21-14-18-12(15)17-13(19-14)20-8-7-16-9-20/h7-11H,2-6H2,1H3,(H2,15,17,18,19). The summed E-state index contributed by atoms with van der Waals surface area (Å²) >= 11 is 0. The SMILES string of the molecule is CCC1CCCCC1Oc1nc(N)nc(-n2ccnc2)n1. The highest BCUT2D eigenvalue weighted by molar-refractivity contribution is 5.25. The zero-order valence-corrected chi connectivity index (χ0v) is 12.1. The lowest BCUT2D eigenvalue weighted by Gasteiger charge is -2.30. The summed E-state index contributed by atoms with van der Waals surface area (Å²) in [5.41, 5.74) is 5.76. The van der Waals surface area contributed by atoms with Crippen molar-refractivity contribution in [2.45, 2.75) is 45.1 Å². The van der Waals surface area contributed by atoms with Crippen LogP contribution in [0.4, 0.5) is 5.95 Å². The molecule has 1 aliphatic carbocycles. The van der Waals surface area contributed by atoms with Crippen LogP contribution in [0.15, 0.2) is 18.7 Å². The van der Waals surface area contributed by atoms with E-state index >= 15 is 0 Å². The number of aromatic nitrogens is 5. The molecular weight excluding hydrogens is 268 g/mol. The van der Waals surface area contributed by atoms with Gasteiger partial charge in [0, 0.05) is 12.4 Å². The zero-order valence-electron chi connectivity index (χ0n) is 12.1. The van der Waals surface area contributed by atoms with Gasteiger partial charge >= 0.3 is 6.01 Å². The number of nitrogens with zero attached hydrogens (tertiary/aromatic N) is 5. The topological polar surface area (TPSA) is 91.7 Å². The summed E-state index contributed by atoms with van der Waals surface area (Å²) in [6.45, 7) is 2.20. The number of nitrogen functional groups attached to an aromatic ring is 1. The number of imidazole rings is 1. The van der Waals surface area contributed by atoms with E-state index in [2.05, 4.69) is 26.9 Å². The van der Waals surface area contributed by atoms with Gasteiger partial charge in [-0.15, -0.1) is 0 Å². The average molecular weight is 288 g/mol. The molecule has 1 saturated carbocycles. The lowest BCUT2D eigenvalue weighted by Crippen LogP contribution is -2.30. The van der Waals surface area contributed by atoms with Gasteiger partial charge in [0.2, 0.25) is 11.9 Å². The molecule has 0 amide bonds. The maximum absolute atomic E-state index is 6.00. The van der Waals surface area contributed by atoms with Crippen molar-refractivity contribution in [3.8, 4) is 12.0 Å². The van der Waals surface area contributed by atoms with Crippen LogP contribution in [-0.2, 0) is 0 Å². The first kappa shape index (κ1) is 13.8. The fraction of sp³-hybridized carbons (Fsp3) is 0.571. The lowest BCUT2D eigenvalue weighted by molar-refractivity contribution is 0.0808. The maximum atomic E-state index is 6.00. The van der Waals surface area contributed by atoms with Crippen LogP contribution in [0.2, 0.25) is 0 Å². The first-order valence-corrected chi connectivity index (χ1v) is 7.43. The molecular formula is C14H20N6O. The quantitative estimate of drug-likeness (QED) is 0.925. The van der Waals surface area contributed by atoms with Crippen LogP contribution in [-0.4, -0.2) is 30.6 Å². The van der Waals surface area contributed by atoms with Gasteiger partial charge in [-0.25, -0.2) is 4.98 Å². The smallest absolute Gasteiger partial charge is 0.323 e. The molecule has 0 radical (unpaired) electrons. The van der Waals surface area contributed by atoms with Crippen LogP contribution in [0.25, 0.3) is 5.95 Å². The van der Waals surface area contributed by atoms with E-state index in [9.17, 15) is 0 Å². The summed E-state index contributed by atoms with van der Waals surface area (Å²) in [6.07, 6.45) is 11.0. The molecule has 2 heterocycles. The van der Waals surface area contributed by atoms with Crippen LogP contribution in [0.5, 0.6) is 6.01 Å². The number of ether oxygens (including phenoxy) is 1. The van der Waals surface area contributed by atoms with E-state index in [-0.39, 0.29) is 12.1 Å². The van der Waals surface area contributed by atoms with Gasteiger partial charge < -0.3 is 10.5 Å². The summed E-state index contributed by atoms with van der Waals surface area (Å²) in [4.78, 5) is 16.5. The monoisotopic (exact) mass is 288 g/mol. The lowest BCUT2D eigenvalue weighted by atomic mass is 9.85. The number of hydrogen-bond donors (Lipinski definition) is 1.